The van der Waals surface area contributed by atoms with E-state index in [-0.39, 0.29) is 28.1 Å². The Morgan fingerprint density at radius 3 is 2.26 bits per heavy atom. The van der Waals surface area contributed by atoms with E-state index in [1.807, 2.05) is 0 Å². The molecule has 0 spiro atoms. The number of hydrogen-bond donors (Lipinski definition) is 2. The van der Waals surface area contributed by atoms with Crippen LogP contribution >= 0.6 is 0 Å². The second kappa shape index (κ2) is 10.3. The Kier molecular flexibility index (Phi) is 7.82. The first-order chi connectivity index (χ1) is 16.3. The van der Waals surface area contributed by atoms with Crippen molar-refractivity contribution < 1.29 is 35.8 Å². The Morgan fingerprint density at radius 1 is 1.00 bits per heavy atom. The van der Waals surface area contributed by atoms with Gasteiger partial charge in [0.05, 0.1) is 29.6 Å². The van der Waals surface area contributed by atoms with Crippen molar-refractivity contribution in [2.75, 3.05) is 36.2 Å². The van der Waals surface area contributed by atoms with Crippen LogP contribution in [0.5, 0.6) is 17.2 Å². The molecule has 0 fully saturated rings. The first-order valence-electron chi connectivity index (χ1n) is 10.7. The zero-order chi connectivity index (χ0) is 26.0. The van der Waals surface area contributed by atoms with E-state index < -0.39 is 32.0 Å². The second-order valence-corrected chi connectivity index (χ2v) is 11.8. The van der Waals surface area contributed by atoms with Gasteiger partial charge in [0.25, 0.3) is 0 Å². The zero-order valence-corrected chi connectivity index (χ0v) is 21.7. The van der Waals surface area contributed by atoms with Crippen molar-refractivity contribution in [1.29, 1.82) is 0 Å². The molecule has 1 amide bonds. The van der Waals surface area contributed by atoms with E-state index in [4.69, 9.17) is 14.2 Å². The number of rotatable bonds is 9. The topological polar surface area (TPSA) is 140 Å². The first kappa shape index (κ1) is 26.6. The summed E-state index contributed by atoms with van der Waals surface area (Å²) >= 11 is 0. The number of carbonyl (C=O) groups is 1. The van der Waals surface area contributed by atoms with Crippen molar-refractivity contribution in [1.82, 2.24) is 4.72 Å². The van der Waals surface area contributed by atoms with Gasteiger partial charge in [-0.25, -0.2) is 21.6 Å². The van der Waals surface area contributed by atoms with Crippen molar-refractivity contribution in [2.45, 2.75) is 37.8 Å². The molecule has 0 aromatic heterocycles. The highest BCUT2D eigenvalue weighted by atomic mass is 32.2. The fraction of sp³-hybridized carbons (Fsp3) is 0.409. The van der Waals surface area contributed by atoms with Gasteiger partial charge in [0.1, 0.15) is 25.0 Å². The molecule has 2 aromatic rings. The first-order valence-corrected chi connectivity index (χ1v) is 14.1. The molecular weight excluding hydrogens is 498 g/mol. The van der Waals surface area contributed by atoms with E-state index in [1.54, 1.807) is 19.9 Å². The molecule has 192 valence electrons. The average Bonchev–Trinajstić information content (AvgIpc) is 2.77. The summed E-state index contributed by atoms with van der Waals surface area (Å²) in [5.74, 6) is 0.352. The zero-order valence-electron chi connectivity index (χ0n) is 20.1. The summed E-state index contributed by atoms with van der Waals surface area (Å²) in [5.41, 5.74) is 0.287. The van der Waals surface area contributed by atoms with Crippen LogP contribution in [0.2, 0.25) is 0 Å². The van der Waals surface area contributed by atoms with Crippen LogP contribution in [-0.2, 0) is 24.8 Å². The second-order valence-electron chi connectivity index (χ2n) is 8.19. The largest absolute Gasteiger partial charge is 0.495 e. The van der Waals surface area contributed by atoms with Gasteiger partial charge in [0.2, 0.25) is 26.0 Å². The number of amides is 1. The SMILES string of the molecule is COc1ccc(S(=O)(=O)NC(C)C)cc1NC(=O)[C@@H](C)N(c1ccc2c(c1)OCCO2)S(C)(=O)=O. The van der Waals surface area contributed by atoms with E-state index in [0.29, 0.717) is 24.7 Å². The third-order valence-electron chi connectivity index (χ3n) is 5.00. The van der Waals surface area contributed by atoms with Crippen molar-refractivity contribution in [2.24, 2.45) is 0 Å². The van der Waals surface area contributed by atoms with Crippen LogP contribution < -0.4 is 28.6 Å². The molecule has 1 heterocycles. The molecule has 3 rings (SSSR count). The van der Waals surface area contributed by atoms with Crippen LogP contribution in [0.4, 0.5) is 11.4 Å². The van der Waals surface area contributed by atoms with Gasteiger partial charge in [0, 0.05) is 12.1 Å². The van der Waals surface area contributed by atoms with Crippen LogP contribution in [0.3, 0.4) is 0 Å². The van der Waals surface area contributed by atoms with Gasteiger partial charge in [-0.05, 0) is 51.1 Å². The average molecular weight is 528 g/mol. The molecule has 0 bridgehead atoms. The van der Waals surface area contributed by atoms with E-state index in [0.717, 1.165) is 10.6 Å². The fourth-order valence-corrected chi connectivity index (χ4v) is 5.99. The highest BCUT2D eigenvalue weighted by Crippen LogP contribution is 2.36. The number of nitrogens with one attached hydrogen (secondary N) is 2. The van der Waals surface area contributed by atoms with E-state index in [9.17, 15) is 21.6 Å². The van der Waals surface area contributed by atoms with E-state index in [2.05, 4.69) is 10.0 Å². The number of ether oxygens (including phenoxy) is 3. The van der Waals surface area contributed by atoms with Crippen LogP contribution in [-0.4, -0.2) is 61.4 Å². The Balaban J connectivity index is 1.93. The molecule has 2 N–H and O–H groups in total. The Labute approximate surface area is 205 Å². The number of anilines is 2. The number of methoxy groups -OCH3 is 1. The third-order valence-corrected chi connectivity index (χ3v) is 7.90. The number of hydrogen-bond acceptors (Lipinski definition) is 8. The number of sulfonamides is 2. The quantitative estimate of drug-likeness (QED) is 0.504. The maximum Gasteiger partial charge on any atom is 0.248 e. The molecule has 0 radical (unpaired) electrons. The standard InChI is InChI=1S/C22H29N3O8S2/c1-14(2)24-35(29,30)17-7-9-19(31-4)18(13-17)23-22(26)15(3)25(34(5,27)28)16-6-8-20-21(12-16)33-11-10-32-20/h6-9,12-15,24H,10-11H2,1-5H3,(H,23,26)/t15-/m1/s1. The molecule has 35 heavy (non-hydrogen) atoms. The lowest BCUT2D eigenvalue weighted by Crippen LogP contribution is -2.45. The Morgan fingerprint density at radius 2 is 1.66 bits per heavy atom. The minimum atomic E-state index is -3.90. The van der Waals surface area contributed by atoms with Crippen molar-refractivity contribution >= 4 is 37.3 Å². The maximum absolute atomic E-state index is 13.2. The summed E-state index contributed by atoms with van der Waals surface area (Å²) < 4.78 is 70.2. The third kappa shape index (κ3) is 6.16. The molecule has 1 aliphatic heterocycles. The molecule has 0 saturated heterocycles. The van der Waals surface area contributed by atoms with Crippen molar-refractivity contribution in [3.05, 3.63) is 36.4 Å². The van der Waals surface area contributed by atoms with Gasteiger partial charge in [-0.3, -0.25) is 9.10 Å². The van der Waals surface area contributed by atoms with Gasteiger partial charge >= 0.3 is 0 Å². The van der Waals surface area contributed by atoms with Gasteiger partial charge in [-0.1, -0.05) is 0 Å². The van der Waals surface area contributed by atoms with Crippen LogP contribution in [0, 0.1) is 0 Å². The van der Waals surface area contributed by atoms with Gasteiger partial charge < -0.3 is 19.5 Å². The number of fused-ring (bicyclic) bond motifs is 1. The lowest BCUT2D eigenvalue weighted by molar-refractivity contribution is -0.116. The van der Waals surface area contributed by atoms with Crippen LogP contribution in [0.15, 0.2) is 41.3 Å². The minimum Gasteiger partial charge on any atom is -0.495 e. The molecule has 1 aliphatic rings. The summed E-state index contributed by atoms with van der Waals surface area (Å²) in [6, 6.07) is 7.05. The normalized spacial score (nSPS) is 14.3. The summed E-state index contributed by atoms with van der Waals surface area (Å²) in [6.45, 7) is 5.48. The van der Waals surface area contributed by atoms with E-state index >= 15 is 0 Å². The van der Waals surface area contributed by atoms with Crippen LogP contribution in [0.1, 0.15) is 20.8 Å². The summed E-state index contributed by atoms with van der Waals surface area (Å²) in [7, 11) is -6.38. The maximum atomic E-state index is 13.2. The molecule has 0 aliphatic carbocycles. The number of nitrogens with zero attached hydrogens (tertiary/aromatic N) is 1. The monoisotopic (exact) mass is 527 g/mol. The predicted octanol–water partition coefficient (Wildman–Crippen LogP) is 1.95. The Bertz CT molecular complexity index is 1310. The van der Waals surface area contributed by atoms with E-state index in [1.165, 1.54) is 44.4 Å². The van der Waals surface area contributed by atoms with Gasteiger partial charge in [-0.15, -0.1) is 0 Å². The Hall–Kier alpha value is -3.03. The van der Waals surface area contributed by atoms with Gasteiger partial charge in [-0.2, -0.15) is 0 Å². The molecule has 1 atom stereocenters. The fourth-order valence-electron chi connectivity index (χ4n) is 3.55. The summed E-state index contributed by atoms with van der Waals surface area (Å²) in [4.78, 5) is 13.1. The lowest BCUT2D eigenvalue weighted by Gasteiger charge is -2.29. The molecule has 0 saturated carbocycles. The molecule has 2 aromatic carbocycles. The highest BCUT2D eigenvalue weighted by Gasteiger charge is 2.31. The summed E-state index contributed by atoms with van der Waals surface area (Å²) in [6.07, 6.45) is 0.985. The molecule has 11 nitrogen and oxygen atoms in total. The van der Waals surface area contributed by atoms with Crippen LogP contribution in [0.25, 0.3) is 0 Å². The smallest absolute Gasteiger partial charge is 0.248 e. The molecule has 0 unspecified atom stereocenters. The van der Waals surface area contributed by atoms with Gasteiger partial charge in [0.15, 0.2) is 11.5 Å². The number of carbonyl (C=O) groups excluding carboxylic acids is 1. The number of benzene rings is 2. The molecular formula is C22H29N3O8S2. The molecule has 13 heteroatoms. The van der Waals surface area contributed by atoms with Crippen molar-refractivity contribution in [3.8, 4) is 17.2 Å². The highest BCUT2D eigenvalue weighted by molar-refractivity contribution is 7.92. The predicted molar refractivity (Wildman–Crippen MR) is 131 cm³/mol. The lowest BCUT2D eigenvalue weighted by atomic mass is 10.2. The minimum absolute atomic E-state index is 0.0756. The summed E-state index contributed by atoms with van der Waals surface area (Å²) in [5, 5.41) is 2.59. The van der Waals surface area contributed by atoms with Crippen molar-refractivity contribution in [3.63, 3.8) is 0 Å².